The lowest BCUT2D eigenvalue weighted by Crippen LogP contribution is -2.03. The van der Waals surface area contributed by atoms with E-state index in [9.17, 15) is 8.42 Å². The van der Waals surface area contributed by atoms with Gasteiger partial charge in [0.2, 0.25) is 0 Å². The Morgan fingerprint density at radius 3 is 2.00 bits per heavy atom. The van der Waals surface area contributed by atoms with Crippen molar-refractivity contribution < 1.29 is 8.42 Å². The first-order chi connectivity index (χ1) is 12.0. The van der Waals surface area contributed by atoms with Gasteiger partial charge in [-0.1, -0.05) is 54.1 Å². The number of hydrogen-bond donors (Lipinski definition) is 0. The van der Waals surface area contributed by atoms with Crippen LogP contribution in [0.4, 0.5) is 0 Å². The molecule has 25 heavy (non-hydrogen) atoms. The van der Waals surface area contributed by atoms with Gasteiger partial charge in [-0.15, -0.1) is 3.77 Å². The van der Waals surface area contributed by atoms with E-state index < -0.39 is 20.7 Å². The van der Waals surface area contributed by atoms with E-state index in [0.29, 0.717) is 0 Å². The summed E-state index contributed by atoms with van der Waals surface area (Å²) < 4.78 is 30.0. The number of sulfonamides is 1. The van der Waals surface area contributed by atoms with Crippen LogP contribution in [-0.2, 0) is 20.7 Å². The maximum absolute atomic E-state index is 12.9. The van der Waals surface area contributed by atoms with Crippen LogP contribution >= 0.6 is 0 Å². The highest BCUT2D eigenvalue weighted by Gasteiger charge is 2.17. The number of rotatable bonds is 4. The molecule has 128 valence electrons. The van der Waals surface area contributed by atoms with E-state index in [1.807, 2.05) is 68.4 Å². The Kier molecular flexibility index (Phi) is 5.16. The minimum Gasteiger partial charge on any atom is -0.199 e. The molecule has 3 aromatic carbocycles. The van der Waals surface area contributed by atoms with Crippen molar-refractivity contribution in [1.82, 2.24) is 0 Å². The topological polar surface area (TPSA) is 46.5 Å². The summed E-state index contributed by atoms with van der Waals surface area (Å²) in [6.07, 6.45) is 0. The van der Waals surface area contributed by atoms with Gasteiger partial charge in [0.15, 0.2) is 0 Å². The second kappa shape index (κ2) is 7.33. The second-order valence-corrected chi connectivity index (χ2v) is 9.22. The Morgan fingerprint density at radius 1 is 0.760 bits per heavy atom. The SMILES string of the molecule is Cc1ccc(S(=O)(=O)N=[S@](c2ccccc2)c2ccccc2C)cc1. The minimum atomic E-state index is -3.75. The third-order valence-electron chi connectivity index (χ3n) is 3.76. The number of hydrogen-bond acceptors (Lipinski definition) is 2. The van der Waals surface area contributed by atoms with Gasteiger partial charge < -0.3 is 0 Å². The summed E-state index contributed by atoms with van der Waals surface area (Å²) in [7, 11) is -4.65. The number of benzene rings is 3. The van der Waals surface area contributed by atoms with Crippen LogP contribution in [0.25, 0.3) is 0 Å². The van der Waals surface area contributed by atoms with Crippen LogP contribution in [-0.4, -0.2) is 8.42 Å². The molecule has 3 nitrogen and oxygen atoms in total. The van der Waals surface area contributed by atoms with Gasteiger partial charge in [0, 0.05) is 9.79 Å². The van der Waals surface area contributed by atoms with Gasteiger partial charge in [-0.2, -0.15) is 8.42 Å². The maximum atomic E-state index is 12.9. The first kappa shape index (κ1) is 17.6. The Labute approximate surface area is 151 Å². The van der Waals surface area contributed by atoms with Gasteiger partial charge in [-0.25, -0.2) is 0 Å². The molecule has 0 aliphatic rings. The van der Waals surface area contributed by atoms with E-state index in [1.54, 1.807) is 24.3 Å². The average molecular weight is 370 g/mol. The van der Waals surface area contributed by atoms with Crippen LogP contribution < -0.4 is 0 Å². The zero-order valence-corrected chi connectivity index (χ0v) is 15.7. The maximum Gasteiger partial charge on any atom is 0.288 e. The molecule has 0 saturated carbocycles. The van der Waals surface area contributed by atoms with Crippen molar-refractivity contribution in [2.75, 3.05) is 0 Å². The van der Waals surface area contributed by atoms with Crippen LogP contribution in [0.15, 0.2) is 97.3 Å². The highest BCUT2D eigenvalue weighted by atomic mass is 32.3. The summed E-state index contributed by atoms with van der Waals surface area (Å²) in [6, 6.07) is 24.1. The zero-order chi connectivity index (χ0) is 17.9. The molecule has 5 heteroatoms. The van der Waals surface area contributed by atoms with E-state index in [4.69, 9.17) is 0 Å². The molecule has 0 amide bonds. The van der Waals surface area contributed by atoms with E-state index in [1.165, 1.54) is 0 Å². The largest absolute Gasteiger partial charge is 0.288 e. The molecule has 0 spiro atoms. The minimum absolute atomic E-state index is 0.222. The number of aryl methyl sites for hydroxylation is 2. The van der Waals surface area contributed by atoms with Gasteiger partial charge in [-0.05, 0) is 60.4 Å². The Balaban J connectivity index is 2.19. The molecule has 0 saturated heterocycles. The smallest absolute Gasteiger partial charge is 0.199 e. The van der Waals surface area contributed by atoms with Crippen molar-refractivity contribution in [3.63, 3.8) is 0 Å². The summed E-state index contributed by atoms with van der Waals surface area (Å²) in [5.41, 5.74) is 2.04. The monoisotopic (exact) mass is 369 g/mol. The molecule has 0 fully saturated rings. The van der Waals surface area contributed by atoms with Crippen LogP contribution in [0.3, 0.4) is 0 Å². The van der Waals surface area contributed by atoms with Gasteiger partial charge in [0.1, 0.15) is 0 Å². The standard InChI is InChI=1S/C20H19NO2S2/c1-16-12-14-19(15-13-16)25(22,23)21-24(18-9-4-3-5-10-18)20-11-7-6-8-17(20)2/h3-15H,1-2H3/t24-/m1/s1. The molecule has 0 heterocycles. The fourth-order valence-electron chi connectivity index (χ4n) is 2.38. The predicted octanol–water partition coefficient (Wildman–Crippen LogP) is 4.91. The van der Waals surface area contributed by atoms with E-state index >= 15 is 0 Å². The molecule has 3 rings (SSSR count). The van der Waals surface area contributed by atoms with Gasteiger partial charge in [0.25, 0.3) is 10.0 Å². The quantitative estimate of drug-likeness (QED) is 0.656. The fraction of sp³-hybridized carbons (Fsp3) is 0.100. The van der Waals surface area contributed by atoms with Crippen molar-refractivity contribution in [3.8, 4) is 0 Å². The first-order valence-corrected chi connectivity index (χ1v) is 10.5. The lowest BCUT2D eigenvalue weighted by molar-refractivity contribution is 0.598. The Hall–Kier alpha value is -2.24. The predicted molar refractivity (Wildman–Crippen MR) is 102 cm³/mol. The molecule has 0 unspecified atom stereocenters. The second-order valence-electron chi connectivity index (χ2n) is 5.73. The highest BCUT2D eigenvalue weighted by molar-refractivity contribution is 8.00. The summed E-state index contributed by atoms with van der Waals surface area (Å²) in [5.74, 6) is 0. The van der Waals surface area contributed by atoms with Crippen molar-refractivity contribution >= 4 is 20.7 Å². The molecule has 0 radical (unpaired) electrons. The molecule has 0 bridgehead atoms. The molecular formula is C20H19NO2S2. The average Bonchev–Trinajstić information content (AvgIpc) is 2.61. The van der Waals surface area contributed by atoms with Crippen molar-refractivity contribution in [1.29, 1.82) is 0 Å². The van der Waals surface area contributed by atoms with Crippen LogP contribution in [0, 0.1) is 13.8 Å². The molecule has 3 aromatic rings. The van der Waals surface area contributed by atoms with Crippen LogP contribution in [0.5, 0.6) is 0 Å². The van der Waals surface area contributed by atoms with Crippen molar-refractivity contribution in [2.24, 2.45) is 3.77 Å². The van der Waals surface area contributed by atoms with E-state index in [0.717, 1.165) is 20.9 Å². The molecule has 0 aliphatic carbocycles. The fourth-order valence-corrected chi connectivity index (χ4v) is 5.91. The molecule has 1 atom stereocenters. The van der Waals surface area contributed by atoms with Crippen molar-refractivity contribution in [3.05, 3.63) is 90.0 Å². The Morgan fingerprint density at radius 2 is 1.36 bits per heavy atom. The Bertz CT molecular complexity index is 1010. The van der Waals surface area contributed by atoms with Gasteiger partial charge in [-0.3, -0.25) is 0 Å². The lowest BCUT2D eigenvalue weighted by Gasteiger charge is -2.12. The summed E-state index contributed by atoms with van der Waals surface area (Å²) in [6.45, 7) is 3.90. The first-order valence-electron chi connectivity index (χ1n) is 7.87. The lowest BCUT2D eigenvalue weighted by atomic mass is 10.2. The van der Waals surface area contributed by atoms with Gasteiger partial charge >= 0.3 is 0 Å². The van der Waals surface area contributed by atoms with Crippen LogP contribution in [0.1, 0.15) is 11.1 Å². The van der Waals surface area contributed by atoms with Crippen LogP contribution in [0.2, 0.25) is 0 Å². The van der Waals surface area contributed by atoms with Crippen molar-refractivity contribution in [2.45, 2.75) is 28.5 Å². The summed E-state index contributed by atoms with van der Waals surface area (Å²) in [5, 5.41) is 0. The third-order valence-corrected chi connectivity index (χ3v) is 7.60. The normalized spacial score (nSPS) is 12.9. The molecule has 0 aromatic heterocycles. The molecule has 0 aliphatic heterocycles. The van der Waals surface area contributed by atoms with E-state index in [-0.39, 0.29) is 4.90 Å². The highest BCUT2D eigenvalue weighted by Crippen LogP contribution is 2.25. The number of nitrogens with zero attached hydrogens (tertiary/aromatic N) is 1. The summed E-state index contributed by atoms with van der Waals surface area (Å²) >= 11 is 0. The molecular weight excluding hydrogens is 350 g/mol. The third kappa shape index (κ3) is 4.06. The molecule has 0 N–H and O–H groups in total. The zero-order valence-electron chi connectivity index (χ0n) is 14.1. The van der Waals surface area contributed by atoms with Gasteiger partial charge in [0.05, 0.1) is 4.90 Å². The van der Waals surface area contributed by atoms with E-state index in [2.05, 4.69) is 3.77 Å². The summed E-state index contributed by atoms with van der Waals surface area (Å²) in [4.78, 5) is 2.02.